The molecule has 3 fully saturated rings. The van der Waals surface area contributed by atoms with Gasteiger partial charge in [0.15, 0.2) is 0 Å². The molecule has 14 nitrogen and oxygen atoms in total. The van der Waals surface area contributed by atoms with Gasteiger partial charge < -0.3 is 29.7 Å². The zero-order chi connectivity index (χ0) is 42.9. The van der Waals surface area contributed by atoms with E-state index < -0.39 is 79.7 Å². The second-order valence-corrected chi connectivity index (χ2v) is 19.9. The number of pyridine rings is 1. The first kappa shape index (κ1) is 43.4. The van der Waals surface area contributed by atoms with Crippen LogP contribution in [0.4, 0.5) is 4.79 Å². The number of rotatable bonds is 12. The SMILES string of the molecule is C=CC1CC1(NC(=O)[C@@H]1C[C@@H](Oc2cc(-c3ccccc3)nc3cc(OC)ccc23)CN1C(=O)[C@@H](NC(=O)OC(C)(C)C)C(C)(C)C)C(=O)NS(=O)(=O)C1CCCCC1. The van der Waals surface area contributed by atoms with E-state index in [-0.39, 0.29) is 19.4 Å². The first-order chi connectivity index (χ1) is 27.7. The highest BCUT2D eigenvalue weighted by atomic mass is 32.2. The van der Waals surface area contributed by atoms with Gasteiger partial charge in [0.1, 0.15) is 40.8 Å². The zero-order valence-electron chi connectivity index (χ0n) is 35.0. The second kappa shape index (κ2) is 16.8. The van der Waals surface area contributed by atoms with E-state index in [9.17, 15) is 27.6 Å². The normalized spacial score (nSPS) is 22.8. The number of aromatic nitrogens is 1. The van der Waals surface area contributed by atoms with Gasteiger partial charge in [-0.3, -0.25) is 19.1 Å². The lowest BCUT2D eigenvalue weighted by Crippen LogP contribution is -2.60. The van der Waals surface area contributed by atoms with Gasteiger partial charge in [0.05, 0.1) is 30.1 Å². The number of methoxy groups -OCH3 is 1. The van der Waals surface area contributed by atoms with Crippen molar-refractivity contribution in [2.45, 2.75) is 121 Å². The fraction of sp³-hybridized carbons (Fsp3) is 0.523. The van der Waals surface area contributed by atoms with E-state index >= 15 is 0 Å². The molecule has 1 aliphatic heterocycles. The Morgan fingerprint density at radius 1 is 0.983 bits per heavy atom. The van der Waals surface area contributed by atoms with Crippen molar-refractivity contribution in [1.82, 2.24) is 25.2 Å². The van der Waals surface area contributed by atoms with E-state index in [2.05, 4.69) is 21.9 Å². The number of amides is 4. The third kappa shape index (κ3) is 9.83. The molecule has 0 bridgehead atoms. The third-order valence-electron chi connectivity index (χ3n) is 11.2. The minimum Gasteiger partial charge on any atom is -0.497 e. The number of nitrogens with zero attached hydrogens (tertiary/aromatic N) is 2. The molecule has 2 aliphatic carbocycles. The number of benzene rings is 2. The Bertz CT molecular complexity index is 2190. The number of nitrogens with one attached hydrogen (secondary N) is 3. The summed E-state index contributed by atoms with van der Waals surface area (Å²) in [6.45, 7) is 14.3. The highest BCUT2D eigenvalue weighted by Crippen LogP contribution is 2.45. The minimum absolute atomic E-state index is 0.0122. The maximum Gasteiger partial charge on any atom is 0.408 e. The lowest BCUT2D eigenvalue weighted by Gasteiger charge is -2.36. The number of carbonyl (C=O) groups excluding carboxylic acids is 4. The fourth-order valence-electron chi connectivity index (χ4n) is 7.97. The molecule has 2 saturated carbocycles. The summed E-state index contributed by atoms with van der Waals surface area (Å²) in [7, 11) is -2.44. The van der Waals surface area contributed by atoms with Crippen LogP contribution in [0.2, 0.25) is 0 Å². The summed E-state index contributed by atoms with van der Waals surface area (Å²) in [5.41, 5.74) is -1.17. The van der Waals surface area contributed by atoms with Crippen LogP contribution in [0.1, 0.15) is 86.5 Å². The van der Waals surface area contributed by atoms with Gasteiger partial charge in [-0.2, -0.15) is 0 Å². The molecule has 6 rings (SSSR count). The highest BCUT2D eigenvalue weighted by molar-refractivity contribution is 7.90. The van der Waals surface area contributed by atoms with Crippen LogP contribution in [-0.4, -0.2) is 90.3 Å². The molecule has 318 valence electrons. The molecule has 15 heteroatoms. The predicted octanol–water partition coefficient (Wildman–Crippen LogP) is 6.04. The Morgan fingerprint density at radius 2 is 1.68 bits per heavy atom. The molecule has 59 heavy (non-hydrogen) atoms. The van der Waals surface area contributed by atoms with Crippen LogP contribution >= 0.6 is 0 Å². The number of hydrogen-bond donors (Lipinski definition) is 3. The molecule has 2 heterocycles. The van der Waals surface area contributed by atoms with Gasteiger partial charge in [-0.05, 0) is 57.6 Å². The number of fused-ring (bicyclic) bond motifs is 1. The van der Waals surface area contributed by atoms with Crippen molar-refractivity contribution in [1.29, 1.82) is 0 Å². The number of hydrogen-bond acceptors (Lipinski definition) is 10. The summed E-state index contributed by atoms with van der Waals surface area (Å²) in [5.74, 6) is -1.54. The molecule has 3 N–H and O–H groups in total. The molecular weight excluding hydrogens is 775 g/mol. The Labute approximate surface area is 346 Å². The summed E-state index contributed by atoms with van der Waals surface area (Å²) in [6.07, 6.45) is 3.47. The van der Waals surface area contributed by atoms with E-state index in [1.807, 2.05) is 42.5 Å². The predicted molar refractivity (Wildman–Crippen MR) is 224 cm³/mol. The largest absolute Gasteiger partial charge is 0.497 e. The highest BCUT2D eigenvalue weighted by Gasteiger charge is 2.62. The Hall–Kier alpha value is -5.18. The molecule has 1 saturated heterocycles. The van der Waals surface area contributed by atoms with Gasteiger partial charge in [-0.25, -0.2) is 18.2 Å². The molecule has 3 aliphatic rings. The molecular formula is C44H57N5O9S. The van der Waals surface area contributed by atoms with Gasteiger partial charge in [-0.1, -0.05) is 76.4 Å². The summed E-state index contributed by atoms with van der Waals surface area (Å²) in [6, 6.07) is 14.5. The number of sulfonamides is 1. The number of likely N-dealkylation sites (tertiary alicyclic amines) is 1. The summed E-state index contributed by atoms with van der Waals surface area (Å²) in [4.78, 5) is 62.6. The first-order valence-electron chi connectivity index (χ1n) is 20.3. The smallest absolute Gasteiger partial charge is 0.408 e. The topological polar surface area (TPSA) is 182 Å². The average molecular weight is 832 g/mol. The van der Waals surface area contributed by atoms with E-state index in [0.29, 0.717) is 40.9 Å². The lowest BCUT2D eigenvalue weighted by atomic mass is 9.85. The lowest BCUT2D eigenvalue weighted by molar-refractivity contribution is -0.143. The van der Waals surface area contributed by atoms with Crippen molar-refractivity contribution in [2.24, 2.45) is 11.3 Å². The molecule has 3 aromatic rings. The van der Waals surface area contributed by atoms with Crippen molar-refractivity contribution in [3.63, 3.8) is 0 Å². The number of alkyl carbamates (subject to hydrolysis) is 1. The Morgan fingerprint density at radius 3 is 2.29 bits per heavy atom. The molecule has 2 unspecified atom stereocenters. The summed E-state index contributed by atoms with van der Waals surface area (Å²) < 4.78 is 46.7. The third-order valence-corrected chi connectivity index (χ3v) is 13.1. The quantitative estimate of drug-likeness (QED) is 0.182. The average Bonchev–Trinajstić information content (AvgIpc) is 3.74. The molecule has 0 spiro atoms. The minimum atomic E-state index is -4.01. The maximum atomic E-state index is 14.7. The number of ether oxygens (including phenoxy) is 3. The van der Waals surface area contributed by atoms with Gasteiger partial charge in [0.2, 0.25) is 21.8 Å². The van der Waals surface area contributed by atoms with Crippen LogP contribution < -0.4 is 24.8 Å². The van der Waals surface area contributed by atoms with Crippen LogP contribution in [-0.2, 0) is 29.1 Å². The van der Waals surface area contributed by atoms with Crippen molar-refractivity contribution >= 4 is 44.7 Å². The van der Waals surface area contributed by atoms with Crippen molar-refractivity contribution in [3.05, 3.63) is 67.3 Å². The molecule has 2 aromatic carbocycles. The van der Waals surface area contributed by atoms with Crippen molar-refractivity contribution in [3.8, 4) is 22.8 Å². The van der Waals surface area contributed by atoms with Crippen molar-refractivity contribution < 1.29 is 41.8 Å². The fourth-order valence-corrected chi connectivity index (χ4v) is 9.53. The van der Waals surface area contributed by atoms with Crippen LogP contribution in [0.5, 0.6) is 11.5 Å². The van der Waals surface area contributed by atoms with E-state index in [4.69, 9.17) is 19.2 Å². The van der Waals surface area contributed by atoms with Gasteiger partial charge in [0, 0.05) is 35.4 Å². The van der Waals surface area contributed by atoms with E-state index in [0.717, 1.165) is 24.8 Å². The van der Waals surface area contributed by atoms with Crippen LogP contribution in [0, 0.1) is 11.3 Å². The number of carbonyl (C=O) groups is 4. The molecule has 1 aromatic heterocycles. The van der Waals surface area contributed by atoms with Crippen LogP contribution in [0.3, 0.4) is 0 Å². The Balaban J connectivity index is 1.34. The molecule has 0 radical (unpaired) electrons. The van der Waals surface area contributed by atoms with E-state index in [1.54, 1.807) is 60.8 Å². The summed E-state index contributed by atoms with van der Waals surface area (Å²) >= 11 is 0. The first-order valence-corrected chi connectivity index (χ1v) is 21.8. The maximum absolute atomic E-state index is 14.7. The van der Waals surface area contributed by atoms with Gasteiger partial charge in [-0.15, -0.1) is 6.58 Å². The van der Waals surface area contributed by atoms with E-state index in [1.165, 1.54) is 11.0 Å². The Kier molecular flexibility index (Phi) is 12.4. The monoisotopic (exact) mass is 831 g/mol. The van der Waals surface area contributed by atoms with Crippen LogP contribution in [0.25, 0.3) is 22.2 Å². The summed E-state index contributed by atoms with van der Waals surface area (Å²) in [5, 5.41) is 5.57. The van der Waals surface area contributed by atoms with Crippen molar-refractivity contribution in [2.75, 3.05) is 13.7 Å². The van der Waals surface area contributed by atoms with Gasteiger partial charge in [0.25, 0.3) is 5.91 Å². The second-order valence-electron chi connectivity index (χ2n) is 17.9. The van der Waals surface area contributed by atoms with Crippen LogP contribution in [0.15, 0.2) is 67.3 Å². The zero-order valence-corrected chi connectivity index (χ0v) is 35.8. The molecule has 4 amide bonds. The molecule has 5 atom stereocenters. The standard InChI is InChI=1S/C44H57N5O9S/c1-9-28-25-44(28,40(52)48-59(54,55)31-18-14-11-15-19-31)47-38(50)35-23-30(26-49(35)39(51)37(42(2,3)4)46-41(53)58-43(5,6)7)57-36-24-33(27-16-12-10-13-17-27)45-34-22-29(56-8)20-21-32(34)36/h9-10,12-13,16-17,20-22,24,28,30-31,35,37H,1,11,14-15,18-19,23,25-26H2,2-8H3,(H,46,53)(H,47,50)(H,48,52)/t28?,30-,35+,37-,44?/m1/s1. The van der Waals surface area contributed by atoms with Gasteiger partial charge >= 0.3 is 6.09 Å².